The van der Waals surface area contributed by atoms with Gasteiger partial charge in [0.1, 0.15) is 0 Å². The smallest absolute Gasteiger partial charge is 0.188 e. The van der Waals surface area contributed by atoms with E-state index in [9.17, 15) is 14.9 Å². The fraction of sp³-hybridized carbons (Fsp3) is 0.405. The molecule has 1 unspecified atom stereocenters. The van der Waals surface area contributed by atoms with Crippen molar-refractivity contribution < 1.29 is 9.59 Å². The number of rotatable bonds is 11. The number of hydrogen-bond acceptors (Lipinski definition) is 5. The lowest BCUT2D eigenvalue weighted by Gasteiger charge is -2.20. The number of aryl methyl sites for hydroxylation is 1. The molecule has 1 aliphatic carbocycles. The van der Waals surface area contributed by atoms with E-state index in [4.69, 9.17) is 17.3 Å². The van der Waals surface area contributed by atoms with E-state index in [0.717, 1.165) is 39.8 Å². The van der Waals surface area contributed by atoms with Crippen LogP contribution in [0.1, 0.15) is 119 Å². The predicted octanol–water partition coefficient (Wildman–Crippen LogP) is 10.4. The van der Waals surface area contributed by atoms with Gasteiger partial charge in [-0.25, -0.2) is 0 Å². The summed E-state index contributed by atoms with van der Waals surface area (Å²) in [4.78, 5) is 23.0. The second-order valence-electron chi connectivity index (χ2n) is 12.2. The summed E-state index contributed by atoms with van der Waals surface area (Å²) in [7, 11) is 2.07. The van der Waals surface area contributed by atoms with Crippen molar-refractivity contribution in [1.82, 2.24) is 5.32 Å². The number of benzene rings is 2. The zero-order valence-electron chi connectivity index (χ0n) is 30.3. The zero-order valence-corrected chi connectivity index (χ0v) is 31.1. The monoisotopic (exact) mass is 669 g/mol. The maximum atomic E-state index is 12.9. The molecule has 0 aliphatic heterocycles. The Morgan fingerprint density at radius 1 is 1.06 bits per heavy atom. The fourth-order valence-corrected chi connectivity index (χ4v) is 5.50. The predicted molar refractivity (Wildman–Crippen MR) is 205 cm³/mol. The lowest BCUT2D eigenvalue weighted by molar-refractivity contribution is -0.112. The average molecular weight is 670 g/mol. The van der Waals surface area contributed by atoms with E-state index in [-0.39, 0.29) is 11.6 Å². The molecule has 0 spiro atoms. The van der Waals surface area contributed by atoms with Crippen LogP contribution in [0.25, 0.3) is 5.57 Å². The lowest BCUT2D eigenvalue weighted by atomic mass is 9.87. The van der Waals surface area contributed by atoms with Crippen molar-refractivity contribution >= 4 is 28.7 Å². The minimum atomic E-state index is -0.0902. The third kappa shape index (κ3) is 14.5. The van der Waals surface area contributed by atoms with Crippen LogP contribution in [0, 0.1) is 18.3 Å². The third-order valence-electron chi connectivity index (χ3n) is 8.40. The first-order valence-corrected chi connectivity index (χ1v) is 17.4. The van der Waals surface area contributed by atoms with Gasteiger partial charge >= 0.3 is 0 Å². The van der Waals surface area contributed by atoms with Crippen molar-refractivity contribution in [2.75, 3.05) is 13.6 Å². The molecule has 258 valence electrons. The van der Waals surface area contributed by atoms with Crippen molar-refractivity contribution in [3.63, 3.8) is 0 Å². The summed E-state index contributed by atoms with van der Waals surface area (Å²) in [6.07, 6.45) is 21.1. The summed E-state index contributed by atoms with van der Waals surface area (Å²) in [6, 6.07) is 14.3. The van der Waals surface area contributed by atoms with Crippen LogP contribution in [-0.4, -0.2) is 31.2 Å². The highest BCUT2D eigenvalue weighted by Crippen LogP contribution is 2.37. The van der Waals surface area contributed by atoms with Crippen molar-refractivity contribution in [1.29, 1.82) is 5.26 Å². The van der Waals surface area contributed by atoms with Gasteiger partial charge in [-0.1, -0.05) is 105 Å². The fourth-order valence-electron chi connectivity index (χ4n) is 5.21. The molecule has 6 heteroatoms. The van der Waals surface area contributed by atoms with E-state index in [1.54, 1.807) is 25.1 Å². The van der Waals surface area contributed by atoms with Gasteiger partial charge in [0, 0.05) is 28.7 Å². The quantitative estimate of drug-likeness (QED) is 0.141. The van der Waals surface area contributed by atoms with E-state index in [1.165, 1.54) is 50.7 Å². The van der Waals surface area contributed by atoms with Crippen LogP contribution in [0.4, 0.5) is 0 Å². The summed E-state index contributed by atoms with van der Waals surface area (Å²) >= 11 is 6.69. The molecule has 1 saturated carbocycles. The Kier molecular flexibility index (Phi) is 20.7. The van der Waals surface area contributed by atoms with Crippen LogP contribution in [0.15, 0.2) is 90.1 Å². The number of halogens is 1. The van der Waals surface area contributed by atoms with Crippen LogP contribution < -0.4 is 11.1 Å². The minimum absolute atomic E-state index is 0.0467. The second kappa shape index (κ2) is 23.5. The zero-order chi connectivity index (χ0) is 36.1. The molecule has 0 heterocycles. The van der Waals surface area contributed by atoms with E-state index in [2.05, 4.69) is 44.4 Å². The normalized spacial score (nSPS) is 14.9. The Hall–Kier alpha value is -3.82. The van der Waals surface area contributed by atoms with Crippen LogP contribution in [0.5, 0.6) is 0 Å². The molecule has 0 radical (unpaired) electrons. The first kappa shape index (κ1) is 42.2. The topological polar surface area (TPSA) is 96.0 Å². The van der Waals surface area contributed by atoms with Gasteiger partial charge in [-0.3, -0.25) is 9.59 Å². The van der Waals surface area contributed by atoms with Crippen molar-refractivity contribution in [3.8, 4) is 6.07 Å². The number of nitriles is 1. The number of hydrogen-bond donors (Lipinski definition) is 2. The number of ketones is 2. The summed E-state index contributed by atoms with van der Waals surface area (Å²) < 4.78 is 0. The van der Waals surface area contributed by atoms with E-state index >= 15 is 0 Å². The van der Waals surface area contributed by atoms with Gasteiger partial charge < -0.3 is 11.1 Å². The highest BCUT2D eigenvalue weighted by molar-refractivity contribution is 6.32. The molecular formula is C42H56ClN3O2. The van der Waals surface area contributed by atoms with E-state index in [1.807, 2.05) is 63.3 Å². The molecule has 0 aromatic heterocycles. The molecule has 48 heavy (non-hydrogen) atoms. The molecule has 0 bridgehead atoms. The molecule has 1 atom stereocenters. The van der Waals surface area contributed by atoms with Crippen LogP contribution in [-0.2, 0) is 4.79 Å². The average Bonchev–Trinajstić information content (AvgIpc) is 3.10. The molecule has 3 rings (SSSR count). The number of nitrogens with one attached hydrogen (secondary N) is 1. The van der Waals surface area contributed by atoms with Crippen molar-refractivity contribution in [2.24, 2.45) is 5.73 Å². The number of Topliss-reactive ketones (excluding diaryl/α,β-unsaturated/α-hetero) is 1. The highest BCUT2D eigenvalue weighted by Gasteiger charge is 2.17. The van der Waals surface area contributed by atoms with Crippen molar-refractivity contribution in [2.45, 2.75) is 99.0 Å². The van der Waals surface area contributed by atoms with Gasteiger partial charge in [0.15, 0.2) is 11.6 Å². The van der Waals surface area contributed by atoms with Crippen LogP contribution in [0.3, 0.4) is 0 Å². The van der Waals surface area contributed by atoms with Crippen molar-refractivity contribution in [3.05, 3.63) is 123 Å². The van der Waals surface area contributed by atoms with Gasteiger partial charge in [-0.2, -0.15) is 5.26 Å². The molecule has 1 aliphatic rings. The summed E-state index contributed by atoms with van der Waals surface area (Å²) in [5.41, 5.74) is 11.8. The number of nitrogens with zero attached hydrogens (tertiary/aromatic N) is 1. The van der Waals surface area contributed by atoms with Gasteiger partial charge in [0.05, 0.1) is 11.6 Å². The Morgan fingerprint density at radius 2 is 1.73 bits per heavy atom. The number of carbonyl (C=O) groups excluding carboxylic acids is 2. The van der Waals surface area contributed by atoms with E-state index in [0.29, 0.717) is 29.2 Å². The molecule has 1 fully saturated rings. The SMILES string of the molecule is CC(=O)/C=C/CN.CNC1CCCCC1.C\C=C/C=C(\C(C)=C\C=C(/C)C(=O)c1ccc(C)c(C#N)c1)c1c(Cl)cccc1C(C)CC. The standard InChI is InChI=1S/C30H32ClNO.C7H15N.C5H9NO/c1-7-9-11-27(29-26(20(3)8-2)12-10-13-28(29)31)22(5)14-15-23(6)30(33)24-17-16-21(4)25(18-24)19-32;1-8-7-5-3-2-4-6-7;1-5(7)3-2-4-6/h7,9-18,20H,8H2,1-6H3;7-8H,2-6H2,1H3;2-3H,4,6H2,1H3/b9-7-,22-14+,23-15+,27-11+;;3-2+. The Bertz CT molecular complexity index is 1530. The summed E-state index contributed by atoms with van der Waals surface area (Å²) in [5, 5.41) is 13.3. The van der Waals surface area contributed by atoms with Gasteiger partial charge in [-0.15, -0.1) is 0 Å². The van der Waals surface area contributed by atoms with E-state index < -0.39 is 0 Å². The molecule has 3 N–H and O–H groups in total. The number of nitrogens with two attached hydrogens (primary N) is 1. The molecule has 0 saturated heterocycles. The van der Waals surface area contributed by atoms with Crippen LogP contribution >= 0.6 is 11.6 Å². The highest BCUT2D eigenvalue weighted by atomic mass is 35.5. The van der Waals surface area contributed by atoms with Crippen LogP contribution in [0.2, 0.25) is 5.02 Å². The number of carbonyl (C=O) groups is 2. The molecule has 5 nitrogen and oxygen atoms in total. The van der Waals surface area contributed by atoms with Gasteiger partial charge in [-0.05, 0) is 113 Å². The molecular weight excluding hydrogens is 614 g/mol. The Balaban J connectivity index is 0.000000627. The van der Waals surface area contributed by atoms with Gasteiger partial charge in [0.2, 0.25) is 0 Å². The summed E-state index contributed by atoms with van der Waals surface area (Å²) in [6.45, 7) is 14.0. The first-order valence-electron chi connectivity index (χ1n) is 17.0. The maximum Gasteiger partial charge on any atom is 0.188 e. The first-order chi connectivity index (χ1) is 22.9. The Morgan fingerprint density at radius 3 is 2.25 bits per heavy atom. The Labute approximate surface area is 295 Å². The maximum absolute atomic E-state index is 12.9. The second-order valence-corrected chi connectivity index (χ2v) is 12.6. The molecule has 2 aromatic carbocycles. The summed E-state index contributed by atoms with van der Waals surface area (Å²) in [5.74, 6) is 0.327. The van der Waals surface area contributed by atoms with Gasteiger partial charge in [0.25, 0.3) is 0 Å². The largest absolute Gasteiger partial charge is 0.327 e. The number of allylic oxidation sites excluding steroid dienone is 9. The molecule has 2 aromatic rings. The molecule has 0 amide bonds. The minimum Gasteiger partial charge on any atom is -0.327 e. The third-order valence-corrected chi connectivity index (χ3v) is 8.72. The lowest BCUT2D eigenvalue weighted by Crippen LogP contribution is -2.26.